The van der Waals surface area contributed by atoms with Crippen molar-refractivity contribution in [3.63, 3.8) is 0 Å². The summed E-state index contributed by atoms with van der Waals surface area (Å²) < 4.78 is 15.0. The molecule has 0 spiro atoms. The highest BCUT2D eigenvalue weighted by Crippen LogP contribution is 2.54. The van der Waals surface area contributed by atoms with Crippen molar-refractivity contribution in [2.45, 2.75) is 110 Å². The van der Waals surface area contributed by atoms with E-state index < -0.39 is 41.2 Å². The number of ketones is 1. The molecule has 1 unspecified atom stereocenters. The minimum atomic E-state index is -1.24. The molecule has 3 heterocycles. The number of fused-ring (bicyclic) bond motifs is 1. The molecule has 9 heteroatoms. The molecule has 1 aromatic rings. The van der Waals surface area contributed by atoms with Gasteiger partial charge in [0.1, 0.15) is 15.6 Å². The van der Waals surface area contributed by atoms with E-state index >= 15 is 0 Å². The van der Waals surface area contributed by atoms with Crippen LogP contribution in [0.4, 0.5) is 0 Å². The number of epoxide rings is 1. The van der Waals surface area contributed by atoms with E-state index in [4.69, 9.17) is 9.47 Å². The smallest absolute Gasteiger partial charge is 0.309 e. The summed E-state index contributed by atoms with van der Waals surface area (Å²) in [6.45, 7) is 13.0. The van der Waals surface area contributed by atoms with Crippen molar-refractivity contribution in [1.82, 2.24) is 9.55 Å². The van der Waals surface area contributed by atoms with Crippen LogP contribution in [0.3, 0.4) is 0 Å². The van der Waals surface area contributed by atoms with Crippen LogP contribution >= 0.6 is 22.6 Å². The molecule has 2 aliphatic heterocycles. The zero-order valence-corrected chi connectivity index (χ0v) is 25.5. The van der Waals surface area contributed by atoms with Crippen molar-refractivity contribution < 1.29 is 29.3 Å². The third-order valence-corrected chi connectivity index (χ3v) is 9.67. The molecule has 0 aromatic carbocycles. The van der Waals surface area contributed by atoms with Gasteiger partial charge in [0.05, 0.1) is 47.3 Å². The lowest BCUT2D eigenvalue weighted by Crippen LogP contribution is -2.46. The maximum atomic E-state index is 13.3. The van der Waals surface area contributed by atoms with E-state index in [1.807, 2.05) is 31.5 Å². The molecule has 0 radical (unpaired) electrons. The Kier molecular flexibility index (Phi) is 9.04. The van der Waals surface area contributed by atoms with Crippen LogP contribution in [-0.4, -0.2) is 61.0 Å². The normalized spacial score (nSPS) is 38.1. The molecular weight excluding hydrogens is 587 g/mol. The first-order valence-corrected chi connectivity index (χ1v) is 14.3. The van der Waals surface area contributed by atoms with Crippen LogP contribution in [0.15, 0.2) is 11.9 Å². The zero-order chi connectivity index (χ0) is 27.9. The number of aliphatic hydroxyl groups excluding tert-OH is 2. The molecule has 2 N–H and O–H groups in total. The summed E-state index contributed by atoms with van der Waals surface area (Å²) >= 11 is 2.18. The van der Waals surface area contributed by atoms with Gasteiger partial charge in [-0.05, 0) is 73.8 Å². The maximum absolute atomic E-state index is 13.3. The fourth-order valence-electron chi connectivity index (χ4n) is 5.53. The van der Waals surface area contributed by atoms with Crippen LogP contribution in [0.2, 0.25) is 0 Å². The lowest BCUT2D eigenvalue weighted by atomic mass is 9.73. The van der Waals surface area contributed by atoms with Gasteiger partial charge in [0.15, 0.2) is 0 Å². The van der Waals surface area contributed by atoms with Crippen LogP contribution in [-0.2, 0) is 26.1 Å². The Morgan fingerprint density at radius 2 is 1.84 bits per heavy atom. The third-order valence-electron chi connectivity index (χ3n) is 8.83. The molecule has 0 aliphatic carbocycles. The number of halogens is 1. The molecule has 2 saturated heterocycles. The Bertz CT molecular complexity index is 1030. The first-order valence-electron chi connectivity index (χ1n) is 13.2. The molecule has 0 amide bonds. The third kappa shape index (κ3) is 6.31. The fourth-order valence-corrected chi connectivity index (χ4v) is 6.19. The Labute approximate surface area is 234 Å². The number of rotatable bonds is 2. The fraction of sp³-hybridized carbons (Fsp3) is 0.750. The maximum Gasteiger partial charge on any atom is 0.309 e. The predicted octanol–water partition coefficient (Wildman–Crippen LogP) is 4.44. The lowest BCUT2D eigenvalue weighted by molar-refractivity contribution is -0.154. The van der Waals surface area contributed by atoms with Gasteiger partial charge in [-0.2, -0.15) is 0 Å². The van der Waals surface area contributed by atoms with Gasteiger partial charge in [-0.15, -0.1) is 0 Å². The Hall–Kier alpha value is -1.30. The quantitative estimate of drug-likeness (QED) is 0.282. The van der Waals surface area contributed by atoms with E-state index in [-0.39, 0.29) is 23.7 Å². The Morgan fingerprint density at radius 1 is 1.19 bits per heavy atom. The summed E-state index contributed by atoms with van der Waals surface area (Å²) in [4.78, 5) is 30.7. The van der Waals surface area contributed by atoms with E-state index in [0.717, 1.165) is 34.2 Å². The summed E-state index contributed by atoms with van der Waals surface area (Å²) in [5, 5.41) is 21.9. The number of Topliss-reactive ketones (excluding diaryl/α,β-unsaturated/α-hetero) is 1. The van der Waals surface area contributed by atoms with Gasteiger partial charge < -0.3 is 24.3 Å². The average molecular weight is 631 g/mol. The van der Waals surface area contributed by atoms with Gasteiger partial charge in [0.2, 0.25) is 0 Å². The molecule has 2 fully saturated rings. The lowest BCUT2D eigenvalue weighted by Gasteiger charge is -2.34. The second kappa shape index (κ2) is 11.1. The van der Waals surface area contributed by atoms with Crippen molar-refractivity contribution in [3.8, 4) is 0 Å². The molecule has 1 aromatic heterocycles. The summed E-state index contributed by atoms with van der Waals surface area (Å²) in [5.41, 5.74) is -0.300. The standard InChI is InChI=1S/C28H43IN2O6/c1-16-10-9-11-27(6)28(7,37-27)14-20(17(2)12-19-25(29)30-15-31(19)8)36-22(33)13-21(32)26(4,5)24(35)18(3)23(16)34/h12,15-16,18,20-21,23,32,34H,9-11,13-14H2,1-8H3/b17-12+/t16-,18+,20-,21-,23-,27+,28?/m0/s1. The van der Waals surface area contributed by atoms with Crippen LogP contribution < -0.4 is 0 Å². The number of hydrogen-bond acceptors (Lipinski definition) is 7. The summed E-state index contributed by atoms with van der Waals surface area (Å²) in [6, 6.07) is 0. The highest BCUT2D eigenvalue weighted by atomic mass is 127. The second-order valence-corrected chi connectivity index (χ2v) is 13.1. The van der Waals surface area contributed by atoms with Gasteiger partial charge in [0, 0.05) is 19.4 Å². The number of aryl methyl sites for hydroxylation is 1. The van der Waals surface area contributed by atoms with E-state index in [1.54, 1.807) is 27.1 Å². The molecule has 7 atom stereocenters. The number of aliphatic hydroxyl groups is 2. The molecule has 0 bridgehead atoms. The first-order chi connectivity index (χ1) is 17.0. The number of ether oxygens (including phenoxy) is 2. The van der Waals surface area contributed by atoms with E-state index in [2.05, 4.69) is 41.4 Å². The molecular formula is C28H43IN2O6. The SMILES string of the molecule is C/C(=C\c1c(I)ncn1C)[C@@H]1CC2(C)O[C@]2(C)CCC[C@H](C)[C@H](O)[C@@H](C)C(=O)C(C)(C)[C@@H](O)CC(=O)O1. The van der Waals surface area contributed by atoms with Crippen molar-refractivity contribution in [1.29, 1.82) is 0 Å². The number of hydrogen-bond donors (Lipinski definition) is 2. The molecule has 2 aliphatic rings. The number of carbonyl (C=O) groups is 2. The molecule has 208 valence electrons. The molecule has 0 saturated carbocycles. The summed E-state index contributed by atoms with van der Waals surface area (Å²) in [5.74, 6) is -1.59. The monoisotopic (exact) mass is 630 g/mol. The number of imidazole rings is 1. The number of carbonyl (C=O) groups excluding carboxylic acids is 2. The highest BCUT2D eigenvalue weighted by molar-refractivity contribution is 14.1. The molecule has 8 nitrogen and oxygen atoms in total. The number of cyclic esters (lactones) is 1. The minimum absolute atomic E-state index is 0.0855. The zero-order valence-electron chi connectivity index (χ0n) is 23.4. The van der Waals surface area contributed by atoms with Gasteiger partial charge in [-0.25, -0.2) is 4.98 Å². The minimum Gasteiger partial charge on any atom is -0.458 e. The highest BCUT2D eigenvalue weighted by Gasteiger charge is 2.63. The van der Waals surface area contributed by atoms with Crippen LogP contribution in [0, 0.1) is 21.0 Å². The largest absolute Gasteiger partial charge is 0.458 e. The van der Waals surface area contributed by atoms with Crippen molar-refractivity contribution in [2.24, 2.45) is 24.3 Å². The van der Waals surface area contributed by atoms with Crippen molar-refractivity contribution in [3.05, 3.63) is 21.3 Å². The van der Waals surface area contributed by atoms with Crippen LogP contribution in [0.1, 0.15) is 86.3 Å². The van der Waals surface area contributed by atoms with Gasteiger partial charge in [0.25, 0.3) is 0 Å². The average Bonchev–Trinajstić information content (AvgIpc) is 3.21. The predicted molar refractivity (Wildman–Crippen MR) is 150 cm³/mol. The summed E-state index contributed by atoms with van der Waals surface area (Å²) in [7, 11) is 1.91. The van der Waals surface area contributed by atoms with Crippen LogP contribution in [0.5, 0.6) is 0 Å². The Balaban J connectivity index is 1.93. The second-order valence-electron chi connectivity index (χ2n) is 12.1. The van der Waals surface area contributed by atoms with E-state index in [0.29, 0.717) is 6.42 Å². The summed E-state index contributed by atoms with van der Waals surface area (Å²) in [6.07, 6.45) is 3.62. The van der Waals surface area contributed by atoms with Gasteiger partial charge >= 0.3 is 5.97 Å². The first kappa shape index (κ1) is 30.2. The Morgan fingerprint density at radius 3 is 2.43 bits per heavy atom. The van der Waals surface area contributed by atoms with Crippen molar-refractivity contribution in [2.75, 3.05) is 0 Å². The number of nitrogens with zero attached hydrogens (tertiary/aromatic N) is 2. The molecule has 3 rings (SSSR count). The topological polar surface area (TPSA) is 114 Å². The number of aromatic nitrogens is 2. The van der Waals surface area contributed by atoms with E-state index in [9.17, 15) is 19.8 Å². The molecule has 37 heavy (non-hydrogen) atoms. The number of esters is 1. The van der Waals surface area contributed by atoms with Crippen LogP contribution in [0.25, 0.3) is 6.08 Å². The van der Waals surface area contributed by atoms with Gasteiger partial charge in [-0.1, -0.05) is 34.1 Å². The van der Waals surface area contributed by atoms with Gasteiger partial charge in [-0.3, -0.25) is 9.59 Å². The van der Waals surface area contributed by atoms with E-state index in [1.165, 1.54) is 0 Å². The van der Waals surface area contributed by atoms with Crippen molar-refractivity contribution >= 4 is 40.4 Å².